The lowest BCUT2D eigenvalue weighted by Gasteiger charge is -2.19. The van der Waals surface area contributed by atoms with Crippen LogP contribution in [-0.2, 0) is 16.1 Å². The van der Waals surface area contributed by atoms with Crippen molar-refractivity contribution in [3.63, 3.8) is 0 Å². The Labute approximate surface area is 228 Å². The van der Waals surface area contributed by atoms with E-state index >= 15 is 0 Å². The van der Waals surface area contributed by atoms with Gasteiger partial charge < -0.3 is 10.1 Å². The second-order valence-corrected chi connectivity index (χ2v) is 10.0. The molecule has 1 atom stereocenters. The standard InChI is InChI=1S/C29H25N5O4S/c1-18-19(2)39-28(24(18)25(35)21-13-7-4-8-14-21)31-27(36)26(34-23-16-10-9-15-22(23)32-33-34)30-29(37)38-17-20-11-5-3-6-12-20/h3-16,26H,17H2,1-2H3,(H,30,37)(H,31,36). The number of amides is 2. The van der Waals surface area contributed by atoms with Crippen LogP contribution in [0.1, 0.15) is 38.1 Å². The van der Waals surface area contributed by atoms with Gasteiger partial charge in [-0.2, -0.15) is 0 Å². The number of aromatic nitrogens is 3. The van der Waals surface area contributed by atoms with E-state index < -0.39 is 18.2 Å². The lowest BCUT2D eigenvalue weighted by Crippen LogP contribution is -2.41. The minimum atomic E-state index is -1.30. The fourth-order valence-corrected chi connectivity index (χ4v) is 5.16. The number of ether oxygens (including phenoxy) is 1. The maximum absolute atomic E-state index is 13.7. The molecule has 3 aromatic carbocycles. The molecule has 2 heterocycles. The maximum atomic E-state index is 13.7. The van der Waals surface area contributed by atoms with Gasteiger partial charge in [0.2, 0.25) is 6.17 Å². The number of nitrogens with zero attached hydrogens (tertiary/aromatic N) is 3. The number of alkyl carbamates (subject to hydrolysis) is 1. The van der Waals surface area contributed by atoms with Crippen LogP contribution in [0, 0.1) is 13.8 Å². The molecule has 5 rings (SSSR count). The van der Waals surface area contributed by atoms with E-state index in [0.29, 0.717) is 27.2 Å². The van der Waals surface area contributed by atoms with Crippen LogP contribution in [-0.4, -0.2) is 32.8 Å². The molecule has 2 amide bonds. The molecule has 2 aromatic heterocycles. The average molecular weight is 540 g/mol. The Morgan fingerprint density at radius 2 is 1.59 bits per heavy atom. The Balaban J connectivity index is 1.44. The van der Waals surface area contributed by atoms with E-state index in [0.717, 1.165) is 16.0 Å². The molecule has 196 valence electrons. The summed E-state index contributed by atoms with van der Waals surface area (Å²) in [7, 11) is 0. The highest BCUT2D eigenvalue weighted by molar-refractivity contribution is 7.16. The predicted octanol–water partition coefficient (Wildman–Crippen LogP) is 5.40. The zero-order valence-electron chi connectivity index (χ0n) is 21.3. The van der Waals surface area contributed by atoms with Gasteiger partial charge in [0.1, 0.15) is 17.1 Å². The molecule has 0 aliphatic rings. The molecule has 2 N–H and O–H groups in total. The van der Waals surface area contributed by atoms with Gasteiger partial charge in [-0.3, -0.25) is 14.9 Å². The third-order valence-corrected chi connectivity index (χ3v) is 7.35. The topological polar surface area (TPSA) is 115 Å². The fourth-order valence-electron chi connectivity index (χ4n) is 4.09. The van der Waals surface area contributed by atoms with Crippen LogP contribution in [0.3, 0.4) is 0 Å². The van der Waals surface area contributed by atoms with Crippen molar-refractivity contribution >= 4 is 45.2 Å². The quantitative estimate of drug-likeness (QED) is 0.255. The first kappa shape index (κ1) is 25.8. The van der Waals surface area contributed by atoms with Crippen LogP contribution in [0.4, 0.5) is 9.80 Å². The molecule has 1 unspecified atom stereocenters. The summed E-state index contributed by atoms with van der Waals surface area (Å²) in [6, 6.07) is 25.2. The summed E-state index contributed by atoms with van der Waals surface area (Å²) in [5, 5.41) is 14.1. The van der Waals surface area contributed by atoms with Gasteiger partial charge in [-0.25, -0.2) is 9.48 Å². The number of fused-ring (bicyclic) bond motifs is 1. The molecule has 10 heteroatoms. The lowest BCUT2D eigenvalue weighted by atomic mass is 10.0. The van der Waals surface area contributed by atoms with Gasteiger partial charge in [0.15, 0.2) is 5.78 Å². The van der Waals surface area contributed by atoms with Crippen molar-refractivity contribution in [3.05, 3.63) is 112 Å². The summed E-state index contributed by atoms with van der Waals surface area (Å²) in [4.78, 5) is 40.8. The van der Waals surface area contributed by atoms with E-state index in [9.17, 15) is 14.4 Å². The van der Waals surface area contributed by atoms with Crippen LogP contribution in [0.15, 0.2) is 84.9 Å². The molecule has 0 aliphatic carbocycles. The number of ketones is 1. The molecule has 0 bridgehead atoms. The first-order valence-electron chi connectivity index (χ1n) is 12.2. The lowest BCUT2D eigenvalue weighted by molar-refractivity contribution is -0.120. The minimum Gasteiger partial charge on any atom is -0.445 e. The second-order valence-electron chi connectivity index (χ2n) is 8.80. The highest BCUT2D eigenvalue weighted by atomic mass is 32.1. The Hall–Kier alpha value is -4.83. The third-order valence-electron chi connectivity index (χ3n) is 6.22. The van der Waals surface area contributed by atoms with E-state index in [-0.39, 0.29) is 12.4 Å². The molecule has 5 aromatic rings. The molecule has 0 aliphatic heterocycles. The van der Waals surface area contributed by atoms with Gasteiger partial charge in [0.05, 0.1) is 11.1 Å². The summed E-state index contributed by atoms with van der Waals surface area (Å²) in [5.74, 6) is -0.809. The van der Waals surface area contributed by atoms with Crippen LogP contribution >= 0.6 is 11.3 Å². The summed E-state index contributed by atoms with van der Waals surface area (Å²) < 4.78 is 6.69. The van der Waals surface area contributed by atoms with Crippen molar-refractivity contribution < 1.29 is 19.1 Å². The predicted molar refractivity (Wildman–Crippen MR) is 149 cm³/mol. The number of carbonyl (C=O) groups excluding carboxylic acids is 3. The molecular formula is C29H25N5O4S. The number of hydrogen-bond donors (Lipinski definition) is 2. The number of aryl methyl sites for hydroxylation is 1. The van der Waals surface area contributed by atoms with Gasteiger partial charge in [0.25, 0.3) is 5.91 Å². The van der Waals surface area contributed by atoms with E-state index in [4.69, 9.17) is 4.74 Å². The van der Waals surface area contributed by atoms with Gasteiger partial charge in [-0.1, -0.05) is 78.0 Å². The molecule has 39 heavy (non-hydrogen) atoms. The smallest absolute Gasteiger partial charge is 0.409 e. The van der Waals surface area contributed by atoms with E-state index in [2.05, 4.69) is 20.9 Å². The normalized spacial score (nSPS) is 11.6. The summed E-state index contributed by atoms with van der Waals surface area (Å²) in [6.45, 7) is 3.76. The Kier molecular flexibility index (Phi) is 7.46. The highest BCUT2D eigenvalue weighted by Crippen LogP contribution is 2.34. The van der Waals surface area contributed by atoms with E-state index in [1.165, 1.54) is 16.0 Å². The number of para-hydroxylation sites is 1. The maximum Gasteiger partial charge on any atom is 0.409 e. The van der Waals surface area contributed by atoms with Crippen LogP contribution in [0.2, 0.25) is 0 Å². The van der Waals surface area contributed by atoms with Crippen molar-refractivity contribution in [2.75, 3.05) is 5.32 Å². The number of anilines is 1. The first-order valence-corrected chi connectivity index (χ1v) is 13.0. The Bertz CT molecular complexity index is 1650. The second kappa shape index (κ2) is 11.3. The summed E-state index contributed by atoms with van der Waals surface area (Å²) in [5.41, 5.74) is 3.59. The van der Waals surface area contributed by atoms with Gasteiger partial charge in [-0.05, 0) is 37.1 Å². The molecule has 0 fully saturated rings. The number of hydrogen-bond acceptors (Lipinski definition) is 7. The van der Waals surface area contributed by atoms with Crippen molar-refractivity contribution in [1.82, 2.24) is 20.3 Å². The summed E-state index contributed by atoms with van der Waals surface area (Å²) >= 11 is 1.29. The average Bonchev–Trinajstić information content (AvgIpc) is 3.51. The number of rotatable bonds is 8. The van der Waals surface area contributed by atoms with E-state index in [1.54, 1.807) is 48.5 Å². The molecule has 9 nitrogen and oxygen atoms in total. The Morgan fingerprint density at radius 3 is 2.33 bits per heavy atom. The minimum absolute atomic E-state index is 0.0259. The molecule has 0 radical (unpaired) electrons. The SMILES string of the molecule is Cc1sc(NC(=O)C(NC(=O)OCc2ccccc2)n2nnc3ccccc32)c(C(=O)c2ccccc2)c1C. The van der Waals surface area contributed by atoms with Crippen molar-refractivity contribution in [2.24, 2.45) is 0 Å². The highest BCUT2D eigenvalue weighted by Gasteiger charge is 2.29. The zero-order valence-corrected chi connectivity index (χ0v) is 22.1. The fraction of sp³-hybridized carbons (Fsp3) is 0.138. The third kappa shape index (κ3) is 5.55. The number of benzene rings is 3. The summed E-state index contributed by atoms with van der Waals surface area (Å²) in [6.07, 6.45) is -2.11. The van der Waals surface area contributed by atoms with Gasteiger partial charge in [-0.15, -0.1) is 16.4 Å². The van der Waals surface area contributed by atoms with Crippen molar-refractivity contribution in [3.8, 4) is 0 Å². The molecule has 0 saturated heterocycles. The molecule has 0 saturated carbocycles. The molecule has 0 spiro atoms. The van der Waals surface area contributed by atoms with Crippen LogP contribution in [0.5, 0.6) is 0 Å². The van der Waals surface area contributed by atoms with Gasteiger partial charge in [0, 0.05) is 10.4 Å². The van der Waals surface area contributed by atoms with Gasteiger partial charge >= 0.3 is 6.09 Å². The Morgan fingerprint density at radius 1 is 0.923 bits per heavy atom. The van der Waals surface area contributed by atoms with Crippen LogP contribution in [0.25, 0.3) is 11.0 Å². The number of thiophene rings is 1. The van der Waals surface area contributed by atoms with Crippen molar-refractivity contribution in [2.45, 2.75) is 26.6 Å². The first-order chi connectivity index (χ1) is 18.9. The number of carbonyl (C=O) groups is 3. The zero-order chi connectivity index (χ0) is 27.4. The van der Waals surface area contributed by atoms with E-state index in [1.807, 2.05) is 50.2 Å². The van der Waals surface area contributed by atoms with Crippen molar-refractivity contribution in [1.29, 1.82) is 0 Å². The molecular weight excluding hydrogens is 514 g/mol. The monoisotopic (exact) mass is 539 g/mol. The number of nitrogens with one attached hydrogen (secondary N) is 2. The van der Waals surface area contributed by atoms with Crippen LogP contribution < -0.4 is 10.6 Å². The largest absolute Gasteiger partial charge is 0.445 e.